The Labute approximate surface area is 173 Å². The molecule has 2 aliphatic heterocycles. The third kappa shape index (κ3) is 4.41. The summed E-state index contributed by atoms with van der Waals surface area (Å²) in [5, 5.41) is 0.275. The van der Waals surface area contributed by atoms with Crippen LogP contribution in [-0.4, -0.2) is 50.7 Å². The van der Waals surface area contributed by atoms with E-state index in [1.54, 1.807) is 0 Å². The summed E-state index contributed by atoms with van der Waals surface area (Å²) in [6, 6.07) is 8.67. The second-order valence-corrected chi connectivity index (χ2v) is 15.8. The highest BCUT2D eigenvalue weighted by Gasteiger charge is 2.51. The van der Waals surface area contributed by atoms with Gasteiger partial charge in [-0.2, -0.15) is 0 Å². The third-order valence-electron chi connectivity index (χ3n) is 7.10. The molecule has 2 saturated heterocycles. The van der Waals surface area contributed by atoms with Crippen LogP contribution in [0.2, 0.25) is 18.1 Å². The first kappa shape index (κ1) is 22.0. The van der Waals surface area contributed by atoms with Gasteiger partial charge in [0.2, 0.25) is 0 Å². The maximum atomic E-state index is 6.50. The normalized spacial score (nSPS) is 23.1. The van der Waals surface area contributed by atoms with E-state index in [1.807, 2.05) is 0 Å². The highest BCUT2D eigenvalue weighted by Crippen LogP contribution is 2.38. The summed E-state index contributed by atoms with van der Waals surface area (Å²) in [7, 11) is -1.95. The number of benzene rings is 1. The molecular formula is C22H38BNO3Si. The standard InChI is InChI=1S/C22H38BNO3Si/c1-20(2,3)28(8,9)25-19-15-24(16-19)14-17-10-12-18(13-11-17)23-26-21(4,5)22(6,7)27-23/h10-13,19H,14-16H2,1-9H3. The van der Waals surface area contributed by atoms with Crippen LogP contribution in [0.3, 0.4) is 0 Å². The van der Waals surface area contributed by atoms with E-state index in [0.29, 0.717) is 6.10 Å². The second-order valence-electron chi connectivity index (χ2n) is 11.0. The molecule has 0 spiro atoms. The molecular weight excluding hydrogens is 365 g/mol. The quantitative estimate of drug-likeness (QED) is 0.690. The molecule has 3 rings (SSSR count). The van der Waals surface area contributed by atoms with Gasteiger partial charge in [-0.1, -0.05) is 45.0 Å². The number of rotatable bonds is 5. The second kappa shape index (κ2) is 7.24. The average Bonchev–Trinajstić information content (AvgIpc) is 2.72. The summed E-state index contributed by atoms with van der Waals surface area (Å²) in [6.07, 6.45) is 0.393. The number of nitrogens with zero attached hydrogens (tertiary/aromatic N) is 1. The van der Waals surface area contributed by atoms with Crippen molar-refractivity contribution in [1.82, 2.24) is 4.90 Å². The Morgan fingerprint density at radius 3 is 2.00 bits per heavy atom. The van der Waals surface area contributed by atoms with Crippen molar-refractivity contribution in [3.05, 3.63) is 29.8 Å². The van der Waals surface area contributed by atoms with Gasteiger partial charge in [-0.15, -0.1) is 0 Å². The van der Waals surface area contributed by atoms with Gasteiger partial charge in [0.25, 0.3) is 0 Å². The predicted molar refractivity (Wildman–Crippen MR) is 120 cm³/mol. The molecule has 0 atom stereocenters. The Morgan fingerprint density at radius 2 is 1.54 bits per heavy atom. The average molecular weight is 403 g/mol. The van der Waals surface area contributed by atoms with E-state index in [-0.39, 0.29) is 23.4 Å². The zero-order valence-electron chi connectivity index (χ0n) is 19.3. The molecule has 0 aliphatic carbocycles. The molecule has 0 N–H and O–H groups in total. The van der Waals surface area contributed by atoms with Crippen molar-refractivity contribution >= 4 is 20.9 Å². The topological polar surface area (TPSA) is 30.9 Å². The molecule has 1 aromatic rings. The van der Waals surface area contributed by atoms with E-state index in [4.69, 9.17) is 13.7 Å². The summed E-state index contributed by atoms with van der Waals surface area (Å²) in [4.78, 5) is 2.46. The largest absolute Gasteiger partial charge is 0.494 e. The monoisotopic (exact) mass is 403 g/mol. The molecule has 2 aliphatic rings. The number of hydrogen-bond donors (Lipinski definition) is 0. The fourth-order valence-corrected chi connectivity index (χ4v) is 4.67. The van der Waals surface area contributed by atoms with E-state index >= 15 is 0 Å². The van der Waals surface area contributed by atoms with Gasteiger partial charge in [0.1, 0.15) is 0 Å². The minimum absolute atomic E-state index is 0.275. The van der Waals surface area contributed by atoms with Crippen LogP contribution in [0.15, 0.2) is 24.3 Å². The Hall–Kier alpha value is -0.658. The lowest BCUT2D eigenvalue weighted by molar-refractivity contribution is 0.00563. The predicted octanol–water partition coefficient (Wildman–Crippen LogP) is 4.19. The maximum absolute atomic E-state index is 6.50. The van der Waals surface area contributed by atoms with Crippen LogP contribution < -0.4 is 5.46 Å². The van der Waals surface area contributed by atoms with E-state index in [9.17, 15) is 0 Å². The van der Waals surface area contributed by atoms with E-state index in [1.165, 1.54) is 5.56 Å². The third-order valence-corrected chi connectivity index (χ3v) is 11.6. The minimum Gasteiger partial charge on any atom is -0.411 e. The molecule has 0 saturated carbocycles. The molecule has 2 heterocycles. The van der Waals surface area contributed by atoms with E-state index in [2.05, 4.69) is 90.7 Å². The van der Waals surface area contributed by atoms with Gasteiger partial charge >= 0.3 is 7.12 Å². The summed E-state index contributed by atoms with van der Waals surface area (Å²) < 4.78 is 18.8. The highest BCUT2D eigenvalue weighted by atomic mass is 28.4. The summed E-state index contributed by atoms with van der Waals surface area (Å²) in [5.41, 5.74) is 1.82. The fraction of sp³-hybridized carbons (Fsp3) is 0.727. The summed E-state index contributed by atoms with van der Waals surface area (Å²) in [5.74, 6) is 0. The number of hydrogen-bond acceptors (Lipinski definition) is 4. The van der Waals surface area contributed by atoms with Crippen molar-refractivity contribution in [1.29, 1.82) is 0 Å². The summed E-state index contributed by atoms with van der Waals surface area (Å²) in [6.45, 7) is 23.0. The lowest BCUT2D eigenvalue weighted by Gasteiger charge is -2.46. The maximum Gasteiger partial charge on any atom is 0.494 e. The van der Waals surface area contributed by atoms with Crippen molar-refractivity contribution in [2.24, 2.45) is 0 Å². The Kier molecular flexibility index (Phi) is 5.70. The van der Waals surface area contributed by atoms with E-state index < -0.39 is 8.32 Å². The molecule has 0 unspecified atom stereocenters. The smallest absolute Gasteiger partial charge is 0.411 e. The van der Waals surface area contributed by atoms with Crippen LogP contribution in [0.1, 0.15) is 54.0 Å². The van der Waals surface area contributed by atoms with Crippen molar-refractivity contribution in [2.75, 3.05) is 13.1 Å². The van der Waals surface area contributed by atoms with Gasteiger partial charge in [-0.3, -0.25) is 4.90 Å². The molecule has 2 fully saturated rings. The SMILES string of the molecule is CC1(C)OB(c2ccc(CN3CC(O[Si](C)(C)C(C)(C)C)C3)cc2)OC1(C)C. The molecule has 28 heavy (non-hydrogen) atoms. The molecule has 0 bridgehead atoms. The van der Waals surface area contributed by atoms with Gasteiger partial charge < -0.3 is 13.7 Å². The van der Waals surface area contributed by atoms with Gasteiger partial charge in [-0.05, 0) is 56.9 Å². The lowest BCUT2D eigenvalue weighted by atomic mass is 9.79. The van der Waals surface area contributed by atoms with E-state index in [0.717, 1.165) is 25.1 Å². The molecule has 0 aromatic heterocycles. The Morgan fingerprint density at radius 1 is 1.04 bits per heavy atom. The van der Waals surface area contributed by atoms with Crippen molar-refractivity contribution in [3.63, 3.8) is 0 Å². The van der Waals surface area contributed by atoms with Crippen LogP contribution in [-0.2, 0) is 20.3 Å². The lowest BCUT2D eigenvalue weighted by Crippen LogP contribution is -2.57. The van der Waals surface area contributed by atoms with Crippen molar-refractivity contribution in [3.8, 4) is 0 Å². The van der Waals surface area contributed by atoms with Gasteiger partial charge in [-0.25, -0.2) is 0 Å². The number of likely N-dealkylation sites (tertiary alicyclic amines) is 1. The molecule has 0 radical (unpaired) electrons. The van der Waals surface area contributed by atoms with Gasteiger partial charge in [0.15, 0.2) is 8.32 Å². The van der Waals surface area contributed by atoms with Crippen LogP contribution >= 0.6 is 0 Å². The fourth-order valence-electron chi connectivity index (χ4n) is 3.34. The molecule has 0 amide bonds. The Bertz CT molecular complexity index is 675. The van der Waals surface area contributed by atoms with Gasteiger partial charge in [0, 0.05) is 19.6 Å². The first-order valence-electron chi connectivity index (χ1n) is 10.5. The summed E-state index contributed by atoms with van der Waals surface area (Å²) >= 11 is 0. The molecule has 6 heteroatoms. The zero-order chi connectivity index (χ0) is 21.0. The zero-order valence-corrected chi connectivity index (χ0v) is 20.3. The molecule has 1 aromatic carbocycles. The van der Waals surface area contributed by atoms with Gasteiger partial charge in [0.05, 0.1) is 17.3 Å². The van der Waals surface area contributed by atoms with Crippen LogP contribution in [0.4, 0.5) is 0 Å². The van der Waals surface area contributed by atoms with Crippen LogP contribution in [0.25, 0.3) is 0 Å². The highest BCUT2D eigenvalue weighted by molar-refractivity contribution is 6.74. The van der Waals surface area contributed by atoms with Crippen molar-refractivity contribution < 1.29 is 13.7 Å². The van der Waals surface area contributed by atoms with Crippen LogP contribution in [0.5, 0.6) is 0 Å². The van der Waals surface area contributed by atoms with Crippen molar-refractivity contribution in [2.45, 2.75) is 90.4 Å². The first-order valence-corrected chi connectivity index (χ1v) is 13.5. The molecule has 4 nitrogen and oxygen atoms in total. The first-order chi connectivity index (χ1) is 12.7. The van der Waals surface area contributed by atoms with Crippen LogP contribution in [0, 0.1) is 0 Å². The minimum atomic E-state index is -1.66. The Balaban J connectivity index is 1.50. The molecule has 156 valence electrons.